The monoisotopic (exact) mass is 236 g/mol. The van der Waals surface area contributed by atoms with Crippen LogP contribution < -0.4 is 5.32 Å². The molecule has 17 heavy (non-hydrogen) atoms. The van der Waals surface area contributed by atoms with Gasteiger partial charge in [-0.15, -0.1) is 0 Å². The van der Waals surface area contributed by atoms with Crippen LogP contribution in [-0.2, 0) is 9.59 Å². The molecular formula is C13H20N2O2. The van der Waals surface area contributed by atoms with Gasteiger partial charge in [0.1, 0.15) is 0 Å². The Hall–Kier alpha value is -0.900. The van der Waals surface area contributed by atoms with Crippen molar-refractivity contribution < 1.29 is 9.59 Å². The van der Waals surface area contributed by atoms with E-state index in [-0.39, 0.29) is 23.9 Å². The molecule has 3 fully saturated rings. The number of likely N-dealkylation sites (tertiary alicyclic amines) is 1. The smallest absolute Gasteiger partial charge is 0.247 e. The summed E-state index contributed by atoms with van der Waals surface area (Å²) < 4.78 is 0. The first-order valence-electron chi connectivity index (χ1n) is 6.85. The first-order valence-corrected chi connectivity index (χ1v) is 6.85. The molecule has 2 amide bonds. The number of hydrogen-bond acceptors (Lipinski definition) is 3. The fourth-order valence-corrected chi connectivity index (χ4v) is 3.05. The van der Waals surface area contributed by atoms with Crippen LogP contribution in [0.25, 0.3) is 0 Å². The van der Waals surface area contributed by atoms with Gasteiger partial charge in [0.15, 0.2) is 0 Å². The molecular weight excluding hydrogens is 216 g/mol. The molecule has 2 aliphatic carbocycles. The van der Waals surface area contributed by atoms with Crippen LogP contribution in [0.15, 0.2) is 0 Å². The normalized spacial score (nSPS) is 30.6. The maximum atomic E-state index is 12.0. The van der Waals surface area contributed by atoms with Gasteiger partial charge in [-0.2, -0.15) is 0 Å². The van der Waals surface area contributed by atoms with E-state index in [1.807, 2.05) is 0 Å². The van der Waals surface area contributed by atoms with Crippen molar-refractivity contribution in [2.45, 2.75) is 57.0 Å². The van der Waals surface area contributed by atoms with Crippen LogP contribution in [0.5, 0.6) is 0 Å². The van der Waals surface area contributed by atoms with E-state index in [0.29, 0.717) is 12.3 Å². The number of rotatable bonds is 4. The Balaban J connectivity index is 1.53. The summed E-state index contributed by atoms with van der Waals surface area (Å²) in [6, 6.07) is -0.00280. The average Bonchev–Trinajstić information content (AvgIpc) is 2.90. The van der Waals surface area contributed by atoms with Crippen molar-refractivity contribution in [1.29, 1.82) is 0 Å². The van der Waals surface area contributed by atoms with Crippen LogP contribution >= 0.6 is 0 Å². The molecule has 0 spiro atoms. The number of hydrogen-bond donors (Lipinski definition) is 1. The second-order valence-electron chi connectivity index (χ2n) is 5.65. The summed E-state index contributed by atoms with van der Waals surface area (Å²) >= 11 is 0. The predicted molar refractivity (Wildman–Crippen MR) is 63.2 cm³/mol. The second kappa shape index (κ2) is 4.41. The van der Waals surface area contributed by atoms with E-state index in [4.69, 9.17) is 0 Å². The molecule has 3 aliphatic rings. The fraction of sp³-hybridized carbons (Fsp3) is 0.846. The largest absolute Gasteiger partial charge is 0.305 e. The summed E-state index contributed by atoms with van der Waals surface area (Å²) in [7, 11) is 0. The SMILES string of the molecule is O=C1CC(NCC2CCCC2)C(=O)N1C1CC1. The highest BCUT2D eigenvalue weighted by atomic mass is 16.2. The Morgan fingerprint density at radius 3 is 2.47 bits per heavy atom. The Labute approximate surface area is 102 Å². The van der Waals surface area contributed by atoms with Crippen LogP contribution in [0.2, 0.25) is 0 Å². The van der Waals surface area contributed by atoms with Crippen LogP contribution in [0, 0.1) is 5.92 Å². The van der Waals surface area contributed by atoms with Crippen molar-refractivity contribution in [3.05, 3.63) is 0 Å². The molecule has 0 aromatic rings. The summed E-state index contributed by atoms with van der Waals surface area (Å²) in [5.41, 5.74) is 0. The second-order valence-corrected chi connectivity index (χ2v) is 5.65. The highest BCUT2D eigenvalue weighted by molar-refractivity contribution is 6.06. The molecule has 0 aromatic heterocycles. The minimum atomic E-state index is -0.233. The average molecular weight is 236 g/mol. The van der Waals surface area contributed by atoms with Crippen LogP contribution in [-0.4, -0.2) is 35.3 Å². The van der Waals surface area contributed by atoms with Gasteiger partial charge >= 0.3 is 0 Å². The molecule has 1 heterocycles. The van der Waals surface area contributed by atoms with Crippen molar-refractivity contribution >= 4 is 11.8 Å². The van der Waals surface area contributed by atoms with E-state index in [2.05, 4.69) is 5.32 Å². The van der Waals surface area contributed by atoms with Gasteiger partial charge in [-0.1, -0.05) is 12.8 Å². The molecule has 3 rings (SSSR count). The zero-order valence-corrected chi connectivity index (χ0v) is 10.2. The summed E-state index contributed by atoms with van der Waals surface area (Å²) in [5.74, 6) is 0.768. The van der Waals surface area contributed by atoms with Crippen LogP contribution in [0.4, 0.5) is 0 Å². The number of amides is 2. The number of carbonyl (C=O) groups is 2. The molecule has 0 aromatic carbocycles. The highest BCUT2D eigenvalue weighted by Crippen LogP contribution is 2.31. The third-order valence-corrected chi connectivity index (χ3v) is 4.22. The first-order chi connectivity index (χ1) is 8.25. The molecule has 1 saturated heterocycles. The van der Waals surface area contributed by atoms with E-state index >= 15 is 0 Å². The van der Waals surface area contributed by atoms with Crippen molar-refractivity contribution in [3.8, 4) is 0 Å². The topological polar surface area (TPSA) is 49.4 Å². The molecule has 4 nitrogen and oxygen atoms in total. The molecule has 4 heteroatoms. The predicted octanol–water partition coefficient (Wildman–Crippen LogP) is 1.06. The van der Waals surface area contributed by atoms with E-state index in [9.17, 15) is 9.59 Å². The maximum Gasteiger partial charge on any atom is 0.247 e. The van der Waals surface area contributed by atoms with Gasteiger partial charge in [0.05, 0.1) is 12.5 Å². The van der Waals surface area contributed by atoms with Gasteiger partial charge in [-0.3, -0.25) is 14.5 Å². The van der Waals surface area contributed by atoms with E-state index in [1.54, 1.807) is 0 Å². The molecule has 1 atom stereocenters. The Bertz CT molecular complexity index is 332. The lowest BCUT2D eigenvalue weighted by molar-refractivity contribution is -0.139. The number of nitrogens with zero attached hydrogens (tertiary/aromatic N) is 1. The third kappa shape index (κ3) is 2.23. The van der Waals surface area contributed by atoms with Gasteiger partial charge < -0.3 is 5.32 Å². The first kappa shape index (κ1) is 11.2. The lowest BCUT2D eigenvalue weighted by Crippen LogP contribution is -2.41. The van der Waals surface area contributed by atoms with Crippen molar-refractivity contribution in [1.82, 2.24) is 10.2 Å². The van der Waals surface area contributed by atoms with Crippen LogP contribution in [0.3, 0.4) is 0 Å². The van der Waals surface area contributed by atoms with Gasteiger partial charge in [0.25, 0.3) is 0 Å². The van der Waals surface area contributed by atoms with Gasteiger partial charge in [0.2, 0.25) is 11.8 Å². The molecule has 1 unspecified atom stereocenters. The summed E-state index contributed by atoms with van der Waals surface area (Å²) in [6.07, 6.45) is 7.57. The third-order valence-electron chi connectivity index (χ3n) is 4.22. The Morgan fingerprint density at radius 1 is 1.12 bits per heavy atom. The summed E-state index contributed by atoms with van der Waals surface area (Å²) in [5, 5.41) is 3.30. The summed E-state index contributed by atoms with van der Waals surface area (Å²) in [6.45, 7) is 0.905. The molecule has 1 aliphatic heterocycles. The summed E-state index contributed by atoms with van der Waals surface area (Å²) in [4.78, 5) is 25.3. The molecule has 1 N–H and O–H groups in total. The number of imide groups is 1. The quantitative estimate of drug-likeness (QED) is 0.742. The standard InChI is InChI=1S/C13H20N2O2/c16-12-7-11(13(17)15(12)10-5-6-10)14-8-9-3-1-2-4-9/h9-11,14H,1-8H2. The van der Waals surface area contributed by atoms with Gasteiger partial charge in [-0.05, 0) is 38.1 Å². The zero-order valence-electron chi connectivity index (χ0n) is 10.2. The van der Waals surface area contributed by atoms with Crippen molar-refractivity contribution in [2.24, 2.45) is 5.92 Å². The minimum absolute atomic E-state index is 0.0236. The van der Waals surface area contributed by atoms with Crippen LogP contribution in [0.1, 0.15) is 44.9 Å². The van der Waals surface area contributed by atoms with E-state index in [0.717, 1.165) is 19.4 Å². The lowest BCUT2D eigenvalue weighted by atomic mass is 10.1. The number of carbonyl (C=O) groups excluding carboxylic acids is 2. The highest BCUT2D eigenvalue weighted by Gasteiger charge is 2.45. The van der Waals surface area contributed by atoms with Crippen molar-refractivity contribution in [3.63, 3.8) is 0 Å². The van der Waals surface area contributed by atoms with Gasteiger partial charge in [-0.25, -0.2) is 0 Å². The lowest BCUT2D eigenvalue weighted by Gasteiger charge is -2.16. The molecule has 2 saturated carbocycles. The number of nitrogens with one attached hydrogen (secondary N) is 1. The Morgan fingerprint density at radius 2 is 1.82 bits per heavy atom. The minimum Gasteiger partial charge on any atom is -0.305 e. The van der Waals surface area contributed by atoms with E-state index in [1.165, 1.54) is 30.6 Å². The molecule has 0 bridgehead atoms. The molecule has 0 radical (unpaired) electrons. The Kier molecular flexibility index (Phi) is 2.90. The van der Waals surface area contributed by atoms with Crippen molar-refractivity contribution in [2.75, 3.05) is 6.54 Å². The van der Waals surface area contributed by atoms with E-state index < -0.39 is 0 Å². The zero-order chi connectivity index (χ0) is 11.8. The molecule has 94 valence electrons. The van der Waals surface area contributed by atoms with Gasteiger partial charge in [0, 0.05) is 6.04 Å². The fourth-order valence-electron chi connectivity index (χ4n) is 3.05. The maximum absolute atomic E-state index is 12.0.